The van der Waals surface area contributed by atoms with Crippen LogP contribution in [0, 0.1) is 0 Å². The number of nitrogens with two attached hydrogens (primary N) is 1. The summed E-state index contributed by atoms with van der Waals surface area (Å²) in [6, 6.07) is 10.6. The van der Waals surface area contributed by atoms with E-state index in [0.717, 1.165) is 13.1 Å². The van der Waals surface area contributed by atoms with Gasteiger partial charge in [-0.25, -0.2) is 0 Å². The van der Waals surface area contributed by atoms with Gasteiger partial charge in [0.2, 0.25) is 5.89 Å². The van der Waals surface area contributed by atoms with E-state index in [1.54, 1.807) is 0 Å². The van der Waals surface area contributed by atoms with Crippen LogP contribution in [0.25, 0.3) is 0 Å². The zero-order valence-electron chi connectivity index (χ0n) is 14.1. The van der Waals surface area contributed by atoms with Gasteiger partial charge in [-0.3, -0.25) is 4.90 Å². The maximum absolute atomic E-state index is 6.32. The largest absolute Gasteiger partial charge is 0.371 e. The molecule has 2 aromatic rings. The lowest BCUT2D eigenvalue weighted by Gasteiger charge is -2.14. The zero-order chi connectivity index (χ0) is 16.2. The first kappa shape index (κ1) is 18.9. The zero-order valence-corrected chi connectivity index (χ0v) is 14.9. The fourth-order valence-corrected chi connectivity index (χ4v) is 3.11. The molecular formula is C17H25ClN4O2. The summed E-state index contributed by atoms with van der Waals surface area (Å²) in [5.41, 5.74) is 7.61. The molecule has 0 bridgehead atoms. The van der Waals surface area contributed by atoms with Crippen molar-refractivity contribution in [2.24, 2.45) is 5.73 Å². The van der Waals surface area contributed by atoms with E-state index in [-0.39, 0.29) is 24.6 Å². The second-order valence-corrected chi connectivity index (χ2v) is 6.02. The number of likely N-dealkylation sites (tertiary alicyclic amines) is 1. The van der Waals surface area contributed by atoms with Crippen LogP contribution in [-0.2, 0) is 11.3 Å². The van der Waals surface area contributed by atoms with Crippen LogP contribution >= 0.6 is 12.4 Å². The van der Waals surface area contributed by atoms with Crippen molar-refractivity contribution >= 4 is 12.4 Å². The number of halogens is 1. The lowest BCUT2D eigenvalue weighted by molar-refractivity contribution is 0.0683. The van der Waals surface area contributed by atoms with Crippen LogP contribution in [0.2, 0.25) is 0 Å². The Morgan fingerprint density at radius 3 is 2.79 bits per heavy atom. The van der Waals surface area contributed by atoms with E-state index in [2.05, 4.69) is 39.3 Å². The smallest absolute Gasteiger partial charge is 0.240 e. The predicted molar refractivity (Wildman–Crippen MR) is 94.0 cm³/mol. The number of benzene rings is 1. The Balaban J connectivity index is 0.00000208. The fraction of sp³-hybridized carbons (Fsp3) is 0.529. The second-order valence-electron chi connectivity index (χ2n) is 6.02. The third-order valence-electron chi connectivity index (χ3n) is 4.29. The van der Waals surface area contributed by atoms with Gasteiger partial charge in [-0.2, -0.15) is 4.98 Å². The molecule has 24 heavy (non-hydrogen) atoms. The van der Waals surface area contributed by atoms with Crippen molar-refractivity contribution in [2.45, 2.75) is 38.5 Å². The number of ether oxygens (including phenoxy) is 1. The number of rotatable bonds is 6. The van der Waals surface area contributed by atoms with Crippen LogP contribution in [0.5, 0.6) is 0 Å². The quantitative estimate of drug-likeness (QED) is 0.860. The first-order chi connectivity index (χ1) is 11.2. The van der Waals surface area contributed by atoms with E-state index in [1.807, 2.05) is 19.9 Å². The van der Waals surface area contributed by atoms with Gasteiger partial charge in [0.25, 0.3) is 0 Å². The maximum Gasteiger partial charge on any atom is 0.240 e. The molecule has 1 aromatic heterocycles. The third-order valence-corrected chi connectivity index (χ3v) is 4.29. The highest BCUT2D eigenvalue weighted by atomic mass is 35.5. The van der Waals surface area contributed by atoms with Crippen LogP contribution in [0.15, 0.2) is 34.9 Å². The minimum absolute atomic E-state index is 0. The van der Waals surface area contributed by atoms with E-state index in [4.69, 9.17) is 15.0 Å². The van der Waals surface area contributed by atoms with Crippen LogP contribution in [0.1, 0.15) is 43.1 Å². The molecule has 0 aliphatic carbocycles. The minimum Gasteiger partial charge on any atom is -0.371 e. The minimum atomic E-state index is -0.143. The van der Waals surface area contributed by atoms with Crippen molar-refractivity contribution in [2.75, 3.05) is 19.7 Å². The van der Waals surface area contributed by atoms with E-state index in [1.165, 1.54) is 5.56 Å². The summed E-state index contributed by atoms with van der Waals surface area (Å²) in [6.45, 7) is 6.87. The molecule has 1 aliphatic rings. The molecule has 1 fully saturated rings. The molecule has 1 saturated heterocycles. The Hall–Kier alpha value is -1.47. The highest BCUT2D eigenvalue weighted by molar-refractivity contribution is 5.85. The van der Waals surface area contributed by atoms with Crippen LogP contribution < -0.4 is 5.73 Å². The fourth-order valence-electron chi connectivity index (χ4n) is 3.11. The lowest BCUT2D eigenvalue weighted by atomic mass is 9.95. The van der Waals surface area contributed by atoms with Gasteiger partial charge >= 0.3 is 0 Å². The molecule has 3 rings (SSSR count). The average molecular weight is 353 g/mol. The summed E-state index contributed by atoms with van der Waals surface area (Å²) in [6.07, 6.45) is -0.143. The summed E-state index contributed by atoms with van der Waals surface area (Å²) in [7, 11) is 0. The van der Waals surface area contributed by atoms with Gasteiger partial charge in [0.1, 0.15) is 6.10 Å². The monoisotopic (exact) mass is 352 g/mol. The maximum atomic E-state index is 6.32. The number of hydrogen-bond donors (Lipinski definition) is 1. The summed E-state index contributed by atoms with van der Waals surface area (Å²) in [5.74, 6) is 1.57. The second kappa shape index (κ2) is 8.58. The highest BCUT2D eigenvalue weighted by Crippen LogP contribution is 2.27. The van der Waals surface area contributed by atoms with Crippen LogP contribution in [-0.4, -0.2) is 40.8 Å². The Morgan fingerprint density at radius 2 is 2.08 bits per heavy atom. The molecule has 1 unspecified atom stereocenters. The first-order valence-electron chi connectivity index (χ1n) is 8.14. The van der Waals surface area contributed by atoms with Gasteiger partial charge in [-0.05, 0) is 19.4 Å². The van der Waals surface area contributed by atoms with E-state index in [9.17, 15) is 0 Å². The molecule has 0 radical (unpaired) electrons. The molecular weight excluding hydrogens is 328 g/mol. The van der Waals surface area contributed by atoms with Crippen LogP contribution in [0.4, 0.5) is 0 Å². The summed E-state index contributed by atoms with van der Waals surface area (Å²) < 4.78 is 10.8. The van der Waals surface area contributed by atoms with Gasteiger partial charge in [0.05, 0.1) is 6.54 Å². The van der Waals surface area contributed by atoms with Gasteiger partial charge in [-0.1, -0.05) is 35.5 Å². The standard InChI is InChI=1S/C17H24N4O2.ClH/c1-3-22-12(2)17-19-16(23-20-17)11-21-9-14(15(18)10-21)13-7-5-4-6-8-13;/h4-8,12,14-15H,3,9-11,18H2,1-2H3;1H/t12?,14-,15+;/m0./s1. The van der Waals surface area contributed by atoms with Crippen molar-refractivity contribution in [1.29, 1.82) is 0 Å². The molecule has 7 heteroatoms. The van der Waals surface area contributed by atoms with Gasteiger partial charge in [0, 0.05) is 31.7 Å². The van der Waals surface area contributed by atoms with Crippen molar-refractivity contribution in [3.63, 3.8) is 0 Å². The van der Waals surface area contributed by atoms with Crippen molar-refractivity contribution < 1.29 is 9.26 Å². The summed E-state index contributed by atoms with van der Waals surface area (Å²) >= 11 is 0. The molecule has 1 aromatic carbocycles. The van der Waals surface area contributed by atoms with E-state index < -0.39 is 0 Å². The van der Waals surface area contributed by atoms with Gasteiger partial charge in [0.15, 0.2) is 5.82 Å². The third kappa shape index (κ3) is 4.33. The van der Waals surface area contributed by atoms with E-state index >= 15 is 0 Å². The topological polar surface area (TPSA) is 77.4 Å². The lowest BCUT2D eigenvalue weighted by Crippen LogP contribution is -2.28. The molecule has 132 valence electrons. The average Bonchev–Trinajstić information content (AvgIpc) is 3.16. The Labute approximate surface area is 148 Å². The number of aromatic nitrogens is 2. The van der Waals surface area contributed by atoms with Gasteiger partial charge < -0.3 is 15.0 Å². The SMILES string of the molecule is CCOC(C)c1noc(CN2C[C@@H](N)[C@H](c3ccccc3)C2)n1.Cl. The number of nitrogens with zero attached hydrogens (tertiary/aromatic N) is 3. The van der Waals surface area contributed by atoms with E-state index in [0.29, 0.717) is 30.8 Å². The predicted octanol–water partition coefficient (Wildman–Crippen LogP) is 2.52. The Bertz CT molecular complexity index is 622. The van der Waals surface area contributed by atoms with Crippen molar-refractivity contribution in [1.82, 2.24) is 15.0 Å². The van der Waals surface area contributed by atoms with Crippen molar-refractivity contribution in [3.8, 4) is 0 Å². The Morgan fingerprint density at radius 1 is 1.33 bits per heavy atom. The molecule has 1 aliphatic heterocycles. The summed E-state index contributed by atoms with van der Waals surface area (Å²) in [5, 5.41) is 4.00. The molecule has 0 spiro atoms. The molecule has 0 saturated carbocycles. The number of hydrogen-bond acceptors (Lipinski definition) is 6. The molecule has 0 amide bonds. The molecule has 6 nitrogen and oxygen atoms in total. The molecule has 2 N–H and O–H groups in total. The normalized spacial score (nSPS) is 22.3. The van der Waals surface area contributed by atoms with Crippen molar-refractivity contribution in [3.05, 3.63) is 47.6 Å². The van der Waals surface area contributed by atoms with Crippen LogP contribution in [0.3, 0.4) is 0 Å². The first-order valence-corrected chi connectivity index (χ1v) is 8.14. The van der Waals surface area contributed by atoms with Gasteiger partial charge in [-0.15, -0.1) is 12.4 Å². The highest BCUT2D eigenvalue weighted by Gasteiger charge is 2.32. The molecule has 2 heterocycles. The molecule has 3 atom stereocenters. The summed E-state index contributed by atoms with van der Waals surface area (Å²) in [4.78, 5) is 6.70. The Kier molecular flexibility index (Phi) is 6.74.